The number of para-hydroxylation sites is 1. The molecule has 3 rings (SSSR count). The first-order valence-electron chi connectivity index (χ1n) is 7.15. The number of amides is 1. The summed E-state index contributed by atoms with van der Waals surface area (Å²) in [6.45, 7) is 1.91. The number of carbonyl (C=O) groups excluding carboxylic acids is 1. The van der Waals surface area contributed by atoms with Crippen LogP contribution in [0, 0.1) is 0 Å². The van der Waals surface area contributed by atoms with Crippen LogP contribution in [0.1, 0.15) is 28.9 Å². The molecule has 2 aromatic heterocycles. The van der Waals surface area contributed by atoms with Crippen LogP contribution < -0.4 is 5.32 Å². The molecule has 116 valence electrons. The fourth-order valence-corrected chi connectivity index (χ4v) is 2.43. The Hall–Kier alpha value is -2.66. The van der Waals surface area contributed by atoms with Crippen LogP contribution in [-0.4, -0.2) is 20.7 Å². The Labute approximate surface area is 138 Å². The molecule has 6 heteroatoms. The van der Waals surface area contributed by atoms with Crippen molar-refractivity contribution in [2.75, 3.05) is 0 Å². The lowest BCUT2D eigenvalue weighted by atomic mass is 10.1. The van der Waals surface area contributed by atoms with Crippen LogP contribution in [0.15, 0.2) is 61.2 Å². The smallest absolute Gasteiger partial charge is 0.254 e. The van der Waals surface area contributed by atoms with Gasteiger partial charge >= 0.3 is 0 Å². The lowest BCUT2D eigenvalue weighted by Crippen LogP contribution is -2.26. The Balaban J connectivity index is 1.75. The zero-order chi connectivity index (χ0) is 16.2. The van der Waals surface area contributed by atoms with Gasteiger partial charge < -0.3 is 5.32 Å². The first-order valence-corrected chi connectivity index (χ1v) is 7.53. The van der Waals surface area contributed by atoms with E-state index in [0.717, 1.165) is 11.3 Å². The van der Waals surface area contributed by atoms with Gasteiger partial charge in [-0.25, -0.2) is 4.68 Å². The molecule has 1 atom stereocenters. The van der Waals surface area contributed by atoms with E-state index in [-0.39, 0.29) is 11.9 Å². The molecule has 0 aliphatic heterocycles. The first-order chi connectivity index (χ1) is 11.1. The maximum absolute atomic E-state index is 12.3. The highest BCUT2D eigenvalue weighted by atomic mass is 35.5. The predicted octanol–water partition coefficient (Wildman–Crippen LogP) is 3.41. The lowest BCUT2D eigenvalue weighted by Gasteiger charge is -2.12. The number of rotatable bonds is 4. The minimum Gasteiger partial charge on any atom is -0.345 e. The van der Waals surface area contributed by atoms with E-state index in [1.807, 2.05) is 37.3 Å². The van der Waals surface area contributed by atoms with Gasteiger partial charge in [0.1, 0.15) is 0 Å². The highest BCUT2D eigenvalue weighted by molar-refractivity contribution is 6.32. The number of aromatic nitrogens is 3. The van der Waals surface area contributed by atoms with Crippen LogP contribution in [0.25, 0.3) is 5.69 Å². The lowest BCUT2D eigenvalue weighted by molar-refractivity contribution is 0.0940. The molecule has 0 bridgehead atoms. The van der Waals surface area contributed by atoms with Gasteiger partial charge in [-0.1, -0.05) is 29.8 Å². The molecule has 0 unspecified atom stereocenters. The number of hydrogen-bond donors (Lipinski definition) is 1. The van der Waals surface area contributed by atoms with E-state index in [4.69, 9.17) is 11.6 Å². The standard InChI is InChI=1S/C17H15ClN4O/c1-12(13-5-4-8-19-9-13)21-17(23)14-10-20-22(11-14)16-7-3-2-6-15(16)18/h2-12H,1H3,(H,21,23)/t12-/m1/s1. The van der Waals surface area contributed by atoms with E-state index in [0.29, 0.717) is 10.6 Å². The SMILES string of the molecule is C[C@@H](NC(=O)c1cnn(-c2ccccc2Cl)c1)c1cccnc1. The first kappa shape index (κ1) is 15.2. The average Bonchev–Trinajstić information content (AvgIpc) is 3.06. The summed E-state index contributed by atoms with van der Waals surface area (Å²) in [6.07, 6.45) is 6.62. The van der Waals surface area contributed by atoms with Gasteiger partial charge in [0.25, 0.3) is 5.91 Å². The molecule has 3 aromatic rings. The van der Waals surface area contributed by atoms with E-state index in [1.165, 1.54) is 6.20 Å². The molecule has 2 heterocycles. The Morgan fingerprint density at radius 2 is 2.04 bits per heavy atom. The highest BCUT2D eigenvalue weighted by Gasteiger charge is 2.14. The van der Waals surface area contributed by atoms with E-state index in [9.17, 15) is 4.79 Å². The number of halogens is 1. The fourth-order valence-electron chi connectivity index (χ4n) is 2.20. The number of nitrogens with one attached hydrogen (secondary N) is 1. The van der Waals surface area contributed by atoms with Crippen molar-refractivity contribution in [2.45, 2.75) is 13.0 Å². The summed E-state index contributed by atoms with van der Waals surface area (Å²) in [7, 11) is 0. The fraction of sp³-hybridized carbons (Fsp3) is 0.118. The predicted molar refractivity (Wildman–Crippen MR) is 88.7 cm³/mol. The Kier molecular flexibility index (Phi) is 4.39. The minimum atomic E-state index is -0.195. The molecule has 0 radical (unpaired) electrons. The molecule has 1 amide bonds. The minimum absolute atomic E-state index is 0.139. The van der Waals surface area contributed by atoms with Crippen LogP contribution in [0.4, 0.5) is 0 Å². The Bertz CT molecular complexity index is 816. The molecule has 1 N–H and O–H groups in total. The molecule has 0 saturated carbocycles. The zero-order valence-corrected chi connectivity index (χ0v) is 13.2. The maximum Gasteiger partial charge on any atom is 0.254 e. The van der Waals surface area contributed by atoms with Gasteiger partial charge in [-0.05, 0) is 30.7 Å². The normalized spacial score (nSPS) is 11.9. The summed E-state index contributed by atoms with van der Waals surface area (Å²) >= 11 is 6.14. The van der Waals surface area contributed by atoms with Crippen LogP contribution in [-0.2, 0) is 0 Å². The number of nitrogens with zero attached hydrogens (tertiary/aromatic N) is 3. The number of pyridine rings is 1. The van der Waals surface area contributed by atoms with E-state index in [1.54, 1.807) is 29.3 Å². The van der Waals surface area contributed by atoms with Crippen molar-refractivity contribution in [3.8, 4) is 5.69 Å². The third-order valence-electron chi connectivity index (χ3n) is 3.48. The molecule has 0 saturated heterocycles. The van der Waals surface area contributed by atoms with Crippen molar-refractivity contribution >= 4 is 17.5 Å². The van der Waals surface area contributed by atoms with Gasteiger partial charge in [0.2, 0.25) is 0 Å². The van der Waals surface area contributed by atoms with E-state index < -0.39 is 0 Å². The Morgan fingerprint density at radius 1 is 1.22 bits per heavy atom. The van der Waals surface area contributed by atoms with Crippen molar-refractivity contribution in [3.05, 3.63) is 77.3 Å². The van der Waals surface area contributed by atoms with Crippen molar-refractivity contribution in [3.63, 3.8) is 0 Å². The molecule has 0 aliphatic rings. The second kappa shape index (κ2) is 6.62. The third-order valence-corrected chi connectivity index (χ3v) is 3.80. The van der Waals surface area contributed by atoms with Crippen molar-refractivity contribution in [1.29, 1.82) is 0 Å². The molecule has 23 heavy (non-hydrogen) atoms. The third kappa shape index (κ3) is 3.40. The molecule has 5 nitrogen and oxygen atoms in total. The van der Waals surface area contributed by atoms with Crippen LogP contribution in [0.2, 0.25) is 5.02 Å². The molecule has 0 aliphatic carbocycles. The van der Waals surface area contributed by atoms with Crippen molar-refractivity contribution < 1.29 is 4.79 Å². The molecular weight excluding hydrogens is 312 g/mol. The van der Waals surface area contributed by atoms with Crippen LogP contribution in [0.3, 0.4) is 0 Å². The van der Waals surface area contributed by atoms with Gasteiger partial charge in [-0.15, -0.1) is 0 Å². The summed E-state index contributed by atoms with van der Waals surface area (Å²) in [5.74, 6) is -0.195. The Morgan fingerprint density at radius 3 is 2.78 bits per heavy atom. The van der Waals surface area contributed by atoms with Crippen molar-refractivity contribution in [2.24, 2.45) is 0 Å². The summed E-state index contributed by atoms with van der Waals surface area (Å²) in [4.78, 5) is 16.4. The number of carbonyl (C=O) groups is 1. The topological polar surface area (TPSA) is 59.8 Å². The average molecular weight is 327 g/mol. The van der Waals surface area contributed by atoms with E-state index >= 15 is 0 Å². The quantitative estimate of drug-likeness (QED) is 0.799. The maximum atomic E-state index is 12.3. The van der Waals surface area contributed by atoms with Crippen molar-refractivity contribution in [1.82, 2.24) is 20.1 Å². The van der Waals surface area contributed by atoms with Crippen LogP contribution >= 0.6 is 11.6 Å². The van der Waals surface area contributed by atoms with Gasteiger partial charge in [-0.3, -0.25) is 9.78 Å². The second-order valence-electron chi connectivity index (χ2n) is 5.11. The molecule has 1 aromatic carbocycles. The second-order valence-corrected chi connectivity index (χ2v) is 5.51. The molecular formula is C17H15ClN4O. The highest BCUT2D eigenvalue weighted by Crippen LogP contribution is 2.19. The van der Waals surface area contributed by atoms with E-state index in [2.05, 4.69) is 15.4 Å². The van der Waals surface area contributed by atoms with Gasteiger partial charge in [0.15, 0.2) is 0 Å². The monoisotopic (exact) mass is 326 g/mol. The number of benzene rings is 1. The number of hydrogen-bond acceptors (Lipinski definition) is 3. The molecule has 0 spiro atoms. The zero-order valence-electron chi connectivity index (χ0n) is 12.5. The molecule has 0 fully saturated rings. The van der Waals surface area contributed by atoms with Gasteiger partial charge in [0.05, 0.1) is 28.5 Å². The largest absolute Gasteiger partial charge is 0.345 e. The summed E-state index contributed by atoms with van der Waals surface area (Å²) < 4.78 is 1.59. The van der Waals surface area contributed by atoms with Crippen LogP contribution in [0.5, 0.6) is 0 Å². The summed E-state index contributed by atoms with van der Waals surface area (Å²) in [5.41, 5.74) is 2.15. The summed E-state index contributed by atoms with van der Waals surface area (Å²) in [5, 5.41) is 7.71. The summed E-state index contributed by atoms with van der Waals surface area (Å²) in [6, 6.07) is 11.0. The van der Waals surface area contributed by atoms with Gasteiger partial charge in [0, 0.05) is 18.6 Å². The van der Waals surface area contributed by atoms with Gasteiger partial charge in [-0.2, -0.15) is 5.10 Å².